The molecule has 0 saturated carbocycles. The highest BCUT2D eigenvalue weighted by Crippen LogP contribution is 2.16. The van der Waals surface area contributed by atoms with Gasteiger partial charge < -0.3 is 9.30 Å². The fraction of sp³-hybridized carbons (Fsp3) is 0.261. The molecule has 30 heavy (non-hydrogen) atoms. The first kappa shape index (κ1) is 19.7. The molecular formula is C23H24N4O3. The van der Waals surface area contributed by atoms with Crippen LogP contribution in [0.4, 0.5) is 0 Å². The maximum absolute atomic E-state index is 13.3. The van der Waals surface area contributed by atoms with E-state index in [4.69, 9.17) is 4.74 Å². The summed E-state index contributed by atoms with van der Waals surface area (Å²) in [4.78, 5) is 31.0. The van der Waals surface area contributed by atoms with Gasteiger partial charge in [0.15, 0.2) is 11.2 Å². The van der Waals surface area contributed by atoms with E-state index in [1.54, 1.807) is 18.0 Å². The van der Waals surface area contributed by atoms with Crippen LogP contribution in [0.25, 0.3) is 16.9 Å². The van der Waals surface area contributed by atoms with Gasteiger partial charge in [-0.2, -0.15) is 0 Å². The van der Waals surface area contributed by atoms with Crippen molar-refractivity contribution in [1.29, 1.82) is 0 Å². The number of hydrogen-bond donors (Lipinski definition) is 0. The largest absolute Gasteiger partial charge is 0.497 e. The lowest BCUT2D eigenvalue weighted by Crippen LogP contribution is -2.41. The average molecular weight is 404 g/mol. The molecule has 2 aromatic heterocycles. The third kappa shape index (κ3) is 3.54. The quantitative estimate of drug-likeness (QED) is 0.495. The van der Waals surface area contributed by atoms with Gasteiger partial charge in [-0.15, -0.1) is 0 Å². The Kier molecular flexibility index (Phi) is 5.27. The van der Waals surface area contributed by atoms with Gasteiger partial charge in [-0.1, -0.05) is 44.2 Å². The molecule has 154 valence electrons. The molecule has 7 heteroatoms. The van der Waals surface area contributed by atoms with Crippen LogP contribution in [0.5, 0.6) is 5.75 Å². The smallest absolute Gasteiger partial charge is 0.337 e. The van der Waals surface area contributed by atoms with Crippen LogP contribution < -0.4 is 16.0 Å². The van der Waals surface area contributed by atoms with Crippen molar-refractivity contribution in [3.05, 3.63) is 87.3 Å². The number of aromatic nitrogens is 4. The first-order valence-electron chi connectivity index (χ1n) is 9.88. The van der Waals surface area contributed by atoms with E-state index >= 15 is 0 Å². The van der Waals surface area contributed by atoms with Gasteiger partial charge in [0.25, 0.3) is 5.56 Å². The number of benzene rings is 2. The van der Waals surface area contributed by atoms with Crippen molar-refractivity contribution in [2.45, 2.75) is 26.9 Å². The Balaban J connectivity index is 1.94. The van der Waals surface area contributed by atoms with Crippen molar-refractivity contribution in [1.82, 2.24) is 18.7 Å². The number of methoxy groups -OCH3 is 1. The summed E-state index contributed by atoms with van der Waals surface area (Å²) in [6, 6.07) is 16.9. The molecule has 0 N–H and O–H groups in total. The maximum atomic E-state index is 13.3. The van der Waals surface area contributed by atoms with Crippen molar-refractivity contribution in [3.8, 4) is 11.4 Å². The number of ether oxygens (including phenoxy) is 1. The van der Waals surface area contributed by atoms with E-state index in [2.05, 4.69) is 4.98 Å². The Morgan fingerprint density at radius 3 is 2.33 bits per heavy atom. The second kappa shape index (κ2) is 8.02. The molecule has 4 aromatic rings. The zero-order valence-electron chi connectivity index (χ0n) is 17.3. The Labute approximate surface area is 173 Å². The van der Waals surface area contributed by atoms with E-state index < -0.39 is 0 Å². The third-order valence-electron chi connectivity index (χ3n) is 4.97. The van der Waals surface area contributed by atoms with Gasteiger partial charge in [0, 0.05) is 13.1 Å². The fourth-order valence-electron chi connectivity index (χ4n) is 3.56. The molecule has 0 bridgehead atoms. The SMILES string of the molecule is COc1ccc(Cn2cnc3c2c(=O)n(CC(C)C)c(=O)n3-c2ccccc2)cc1. The number of hydrogen-bond acceptors (Lipinski definition) is 4. The number of fused-ring (bicyclic) bond motifs is 1. The summed E-state index contributed by atoms with van der Waals surface area (Å²) in [6.07, 6.45) is 1.62. The molecule has 0 amide bonds. The molecule has 0 aliphatic rings. The standard InChI is InChI=1S/C23H24N4O3/c1-16(2)13-26-22(28)20-21(27(23(26)29)18-7-5-4-6-8-18)24-15-25(20)14-17-9-11-19(30-3)12-10-17/h4-12,15-16H,13-14H2,1-3H3. The molecule has 0 atom stereocenters. The van der Waals surface area contributed by atoms with Crippen molar-refractivity contribution in [3.63, 3.8) is 0 Å². The van der Waals surface area contributed by atoms with Crippen LogP contribution in [0.3, 0.4) is 0 Å². The summed E-state index contributed by atoms with van der Waals surface area (Å²) in [6.45, 7) is 4.77. The maximum Gasteiger partial charge on any atom is 0.337 e. The second-order valence-electron chi connectivity index (χ2n) is 7.66. The van der Waals surface area contributed by atoms with Gasteiger partial charge in [0.05, 0.1) is 19.1 Å². The highest BCUT2D eigenvalue weighted by atomic mass is 16.5. The van der Waals surface area contributed by atoms with Crippen molar-refractivity contribution in [2.24, 2.45) is 5.92 Å². The molecule has 0 aliphatic carbocycles. The predicted molar refractivity (Wildman–Crippen MR) is 117 cm³/mol. The monoisotopic (exact) mass is 404 g/mol. The van der Waals surface area contributed by atoms with E-state index in [-0.39, 0.29) is 17.2 Å². The molecule has 0 spiro atoms. The molecule has 2 heterocycles. The van der Waals surface area contributed by atoms with E-state index in [0.717, 1.165) is 11.3 Å². The summed E-state index contributed by atoms with van der Waals surface area (Å²) in [5.74, 6) is 0.918. The Bertz CT molecular complexity index is 1280. The van der Waals surface area contributed by atoms with Gasteiger partial charge >= 0.3 is 5.69 Å². The average Bonchev–Trinajstić information content (AvgIpc) is 3.15. The van der Waals surface area contributed by atoms with Crippen LogP contribution >= 0.6 is 0 Å². The van der Waals surface area contributed by atoms with Crippen LogP contribution in [0.1, 0.15) is 19.4 Å². The van der Waals surface area contributed by atoms with Gasteiger partial charge in [0.1, 0.15) is 5.75 Å². The number of para-hydroxylation sites is 1. The lowest BCUT2D eigenvalue weighted by Gasteiger charge is -2.14. The van der Waals surface area contributed by atoms with Gasteiger partial charge in [-0.05, 0) is 35.7 Å². The number of rotatable bonds is 6. The van der Waals surface area contributed by atoms with Gasteiger partial charge in [0.2, 0.25) is 0 Å². The van der Waals surface area contributed by atoms with E-state index in [0.29, 0.717) is 29.9 Å². The Hall–Kier alpha value is -3.61. The molecule has 2 aromatic carbocycles. The van der Waals surface area contributed by atoms with E-state index in [9.17, 15) is 9.59 Å². The summed E-state index contributed by atoms with van der Waals surface area (Å²) in [7, 11) is 1.62. The van der Waals surface area contributed by atoms with Crippen LogP contribution in [0.15, 0.2) is 70.5 Å². The summed E-state index contributed by atoms with van der Waals surface area (Å²) in [5.41, 5.74) is 1.77. The molecule has 0 saturated heterocycles. The van der Waals surface area contributed by atoms with Crippen molar-refractivity contribution >= 4 is 11.2 Å². The molecule has 0 radical (unpaired) electrons. The third-order valence-corrected chi connectivity index (χ3v) is 4.97. The van der Waals surface area contributed by atoms with Crippen LogP contribution in [-0.2, 0) is 13.1 Å². The zero-order chi connectivity index (χ0) is 21.3. The molecule has 7 nitrogen and oxygen atoms in total. The molecular weight excluding hydrogens is 380 g/mol. The van der Waals surface area contributed by atoms with Gasteiger partial charge in [-0.3, -0.25) is 9.36 Å². The fourth-order valence-corrected chi connectivity index (χ4v) is 3.56. The summed E-state index contributed by atoms with van der Waals surface area (Å²) >= 11 is 0. The topological polar surface area (TPSA) is 71.1 Å². The first-order chi connectivity index (χ1) is 14.5. The number of imidazole rings is 1. The lowest BCUT2D eigenvalue weighted by molar-refractivity contribution is 0.414. The Morgan fingerprint density at radius 2 is 1.70 bits per heavy atom. The van der Waals surface area contributed by atoms with E-state index in [1.807, 2.05) is 68.4 Å². The zero-order valence-corrected chi connectivity index (χ0v) is 17.3. The lowest BCUT2D eigenvalue weighted by atomic mass is 10.2. The minimum atomic E-state index is -0.373. The van der Waals surface area contributed by atoms with Gasteiger partial charge in [-0.25, -0.2) is 14.3 Å². The van der Waals surface area contributed by atoms with E-state index in [1.165, 1.54) is 9.13 Å². The predicted octanol–water partition coefficient (Wildman–Crippen LogP) is 3.06. The molecule has 4 rings (SSSR count). The van der Waals surface area contributed by atoms with Crippen molar-refractivity contribution in [2.75, 3.05) is 7.11 Å². The minimum absolute atomic E-state index is 0.148. The second-order valence-corrected chi connectivity index (χ2v) is 7.66. The van der Waals surface area contributed by atoms with Crippen LogP contribution in [-0.4, -0.2) is 25.8 Å². The number of nitrogens with zero attached hydrogens (tertiary/aromatic N) is 4. The molecule has 0 aliphatic heterocycles. The first-order valence-corrected chi connectivity index (χ1v) is 9.88. The summed E-state index contributed by atoms with van der Waals surface area (Å²) < 4.78 is 9.84. The summed E-state index contributed by atoms with van der Waals surface area (Å²) in [5, 5.41) is 0. The highest BCUT2D eigenvalue weighted by Gasteiger charge is 2.19. The minimum Gasteiger partial charge on any atom is -0.497 e. The molecule has 0 fully saturated rings. The van der Waals surface area contributed by atoms with Crippen molar-refractivity contribution < 1.29 is 4.74 Å². The Morgan fingerprint density at radius 1 is 1.00 bits per heavy atom. The highest BCUT2D eigenvalue weighted by molar-refractivity contribution is 5.72. The molecule has 0 unspecified atom stereocenters. The normalized spacial score (nSPS) is 11.3. The van der Waals surface area contributed by atoms with Crippen LogP contribution in [0.2, 0.25) is 0 Å². The van der Waals surface area contributed by atoms with Crippen LogP contribution in [0, 0.1) is 5.92 Å².